The first kappa shape index (κ1) is 14.1. The number of morpholine rings is 1. The van der Waals surface area contributed by atoms with Gasteiger partial charge in [-0.15, -0.1) is 0 Å². The second kappa shape index (κ2) is 6.20. The van der Waals surface area contributed by atoms with Crippen molar-refractivity contribution in [1.29, 1.82) is 0 Å². The summed E-state index contributed by atoms with van der Waals surface area (Å²) in [7, 11) is 0. The van der Waals surface area contributed by atoms with Crippen molar-refractivity contribution in [2.75, 3.05) is 25.1 Å². The van der Waals surface area contributed by atoms with Crippen LogP contribution in [0.4, 0.5) is 10.5 Å². The van der Waals surface area contributed by atoms with E-state index in [1.54, 1.807) is 6.07 Å². The molecule has 1 aliphatic rings. The molecule has 2 N–H and O–H groups in total. The highest BCUT2D eigenvalue weighted by Crippen LogP contribution is 2.15. The number of nitrogens with one attached hydrogen (secondary N) is 1. The van der Waals surface area contributed by atoms with Crippen molar-refractivity contribution >= 4 is 40.3 Å². The topological polar surface area (TPSA) is 78.9 Å². The number of amides is 2. The molecule has 0 radical (unpaired) electrons. The predicted octanol–water partition coefficient (Wildman–Crippen LogP) is 1.61. The molecule has 0 bridgehead atoms. The molecule has 7 heteroatoms. The molecule has 1 saturated heterocycles. The molecule has 6 nitrogen and oxygen atoms in total. The van der Waals surface area contributed by atoms with Gasteiger partial charge in [-0.2, -0.15) is 0 Å². The van der Waals surface area contributed by atoms with Crippen LogP contribution in [0, 0.1) is 3.57 Å². The minimum absolute atomic E-state index is 0.0229. The van der Waals surface area contributed by atoms with Gasteiger partial charge < -0.3 is 20.1 Å². The van der Waals surface area contributed by atoms with E-state index >= 15 is 0 Å². The lowest BCUT2D eigenvalue weighted by molar-refractivity contribution is -0.147. The number of anilines is 1. The zero-order valence-corrected chi connectivity index (χ0v) is 12.2. The second-order valence-electron chi connectivity index (χ2n) is 4.06. The van der Waals surface area contributed by atoms with Crippen LogP contribution in [0.1, 0.15) is 0 Å². The maximum Gasteiger partial charge on any atom is 0.328 e. The Bertz CT molecular complexity index is 494. The quantitative estimate of drug-likeness (QED) is 0.769. The lowest BCUT2D eigenvalue weighted by Gasteiger charge is -2.32. The summed E-state index contributed by atoms with van der Waals surface area (Å²) in [6.07, 6.45) is 0. The molecule has 0 spiro atoms. The number of carboxylic acids is 1. The predicted molar refractivity (Wildman–Crippen MR) is 77.1 cm³/mol. The summed E-state index contributed by atoms with van der Waals surface area (Å²) in [5.74, 6) is -1.06. The Hall–Kier alpha value is -1.35. The summed E-state index contributed by atoms with van der Waals surface area (Å²) >= 11 is 2.14. The molecule has 0 aliphatic carbocycles. The van der Waals surface area contributed by atoms with Crippen molar-refractivity contribution in [3.63, 3.8) is 0 Å². The summed E-state index contributed by atoms with van der Waals surface area (Å²) < 4.78 is 6.08. The molecule has 102 valence electrons. The van der Waals surface area contributed by atoms with Gasteiger partial charge in [-0.25, -0.2) is 9.59 Å². The van der Waals surface area contributed by atoms with Gasteiger partial charge in [0.1, 0.15) is 0 Å². The fourth-order valence-corrected chi connectivity index (χ4v) is 2.36. The largest absolute Gasteiger partial charge is 0.480 e. The first-order valence-electron chi connectivity index (χ1n) is 5.71. The van der Waals surface area contributed by atoms with Gasteiger partial charge >= 0.3 is 12.0 Å². The van der Waals surface area contributed by atoms with Gasteiger partial charge in [-0.05, 0) is 40.8 Å². The van der Waals surface area contributed by atoms with Crippen LogP contribution in [0.15, 0.2) is 24.3 Å². The monoisotopic (exact) mass is 376 g/mol. The van der Waals surface area contributed by atoms with E-state index < -0.39 is 18.0 Å². The summed E-state index contributed by atoms with van der Waals surface area (Å²) in [4.78, 5) is 24.4. The maximum atomic E-state index is 12.1. The molecule has 2 amide bonds. The zero-order chi connectivity index (χ0) is 13.8. The van der Waals surface area contributed by atoms with Crippen LogP contribution >= 0.6 is 22.6 Å². The Morgan fingerprint density at radius 2 is 2.26 bits per heavy atom. The summed E-state index contributed by atoms with van der Waals surface area (Å²) in [6, 6.07) is 5.95. The van der Waals surface area contributed by atoms with Gasteiger partial charge in [0.25, 0.3) is 0 Å². The third-order valence-corrected chi connectivity index (χ3v) is 3.42. The summed E-state index contributed by atoms with van der Waals surface area (Å²) in [5.41, 5.74) is 0.646. The first-order chi connectivity index (χ1) is 9.08. The van der Waals surface area contributed by atoms with Crippen molar-refractivity contribution in [3.05, 3.63) is 27.8 Å². The molecular weight excluding hydrogens is 363 g/mol. The molecule has 19 heavy (non-hydrogen) atoms. The molecule has 1 atom stereocenters. The highest BCUT2D eigenvalue weighted by atomic mass is 127. The minimum Gasteiger partial charge on any atom is -0.480 e. The summed E-state index contributed by atoms with van der Waals surface area (Å²) in [6.45, 7) is 0.644. The van der Waals surface area contributed by atoms with E-state index in [4.69, 9.17) is 9.84 Å². The van der Waals surface area contributed by atoms with Crippen LogP contribution in [-0.2, 0) is 9.53 Å². The lowest BCUT2D eigenvalue weighted by atomic mass is 10.2. The van der Waals surface area contributed by atoms with Crippen molar-refractivity contribution in [2.45, 2.75) is 6.04 Å². The number of rotatable bonds is 2. The smallest absolute Gasteiger partial charge is 0.328 e. The third-order valence-electron chi connectivity index (χ3n) is 2.75. The molecule has 1 aromatic rings. The number of benzene rings is 1. The fourth-order valence-electron chi connectivity index (χ4n) is 1.81. The number of urea groups is 1. The molecule has 2 rings (SSSR count). The zero-order valence-electron chi connectivity index (χ0n) is 10.0. The van der Waals surface area contributed by atoms with Gasteiger partial charge in [-0.1, -0.05) is 6.07 Å². The standard InChI is InChI=1S/C12H13IN2O4/c13-8-2-1-3-9(6-8)14-12(18)15-4-5-19-7-10(15)11(16)17/h1-3,6,10H,4-5,7H2,(H,14,18)(H,16,17). The Morgan fingerprint density at radius 3 is 2.95 bits per heavy atom. The number of ether oxygens (including phenoxy) is 1. The van der Waals surface area contributed by atoms with Crippen molar-refractivity contribution in [2.24, 2.45) is 0 Å². The number of nitrogens with zero attached hydrogens (tertiary/aromatic N) is 1. The van der Waals surface area contributed by atoms with Crippen molar-refractivity contribution < 1.29 is 19.4 Å². The number of hydrogen-bond acceptors (Lipinski definition) is 3. The van der Waals surface area contributed by atoms with Crippen LogP contribution in [-0.4, -0.2) is 47.8 Å². The average Bonchev–Trinajstić information content (AvgIpc) is 2.38. The SMILES string of the molecule is O=C(O)C1COCCN1C(=O)Nc1cccc(I)c1. The first-order valence-corrected chi connectivity index (χ1v) is 6.79. The third kappa shape index (κ3) is 3.57. The van der Waals surface area contributed by atoms with Crippen molar-refractivity contribution in [3.8, 4) is 0 Å². The molecule has 1 fully saturated rings. The molecule has 1 aliphatic heterocycles. The average molecular weight is 376 g/mol. The number of carboxylic acid groups (broad SMARTS) is 1. The van der Waals surface area contributed by atoms with Crippen LogP contribution in [0.3, 0.4) is 0 Å². The fraction of sp³-hybridized carbons (Fsp3) is 0.333. The van der Waals surface area contributed by atoms with Crippen LogP contribution in [0.2, 0.25) is 0 Å². The highest BCUT2D eigenvalue weighted by molar-refractivity contribution is 14.1. The molecule has 1 heterocycles. The van der Waals surface area contributed by atoms with E-state index in [1.165, 1.54) is 4.90 Å². The molecule has 0 saturated carbocycles. The molecule has 1 unspecified atom stereocenters. The number of hydrogen-bond donors (Lipinski definition) is 2. The van der Waals surface area contributed by atoms with Gasteiger partial charge in [0.2, 0.25) is 0 Å². The van der Waals surface area contributed by atoms with Gasteiger partial charge in [0.15, 0.2) is 6.04 Å². The van der Waals surface area contributed by atoms with E-state index in [1.807, 2.05) is 18.2 Å². The van der Waals surface area contributed by atoms with Crippen LogP contribution < -0.4 is 5.32 Å². The number of aliphatic carboxylic acids is 1. The van der Waals surface area contributed by atoms with E-state index in [-0.39, 0.29) is 13.2 Å². The molecule has 0 aromatic heterocycles. The van der Waals surface area contributed by atoms with Crippen LogP contribution in [0.25, 0.3) is 0 Å². The second-order valence-corrected chi connectivity index (χ2v) is 5.31. The van der Waals surface area contributed by atoms with Crippen molar-refractivity contribution in [1.82, 2.24) is 4.90 Å². The van der Waals surface area contributed by atoms with Gasteiger partial charge in [0.05, 0.1) is 13.2 Å². The number of carbonyl (C=O) groups is 2. The number of halogens is 1. The molecular formula is C12H13IN2O4. The lowest BCUT2D eigenvalue weighted by Crippen LogP contribution is -2.53. The maximum absolute atomic E-state index is 12.1. The number of carbonyl (C=O) groups excluding carboxylic acids is 1. The minimum atomic E-state index is -1.06. The van der Waals surface area contributed by atoms with Crippen LogP contribution in [0.5, 0.6) is 0 Å². The Kier molecular flexibility index (Phi) is 4.59. The highest BCUT2D eigenvalue weighted by Gasteiger charge is 2.32. The Morgan fingerprint density at radius 1 is 1.47 bits per heavy atom. The van der Waals surface area contributed by atoms with E-state index in [0.29, 0.717) is 12.3 Å². The van der Waals surface area contributed by atoms with E-state index in [0.717, 1.165) is 3.57 Å². The van der Waals surface area contributed by atoms with E-state index in [2.05, 4.69) is 27.9 Å². The summed E-state index contributed by atoms with van der Waals surface area (Å²) in [5, 5.41) is 11.8. The van der Waals surface area contributed by atoms with E-state index in [9.17, 15) is 9.59 Å². The molecule has 1 aromatic carbocycles. The Labute approximate surface area is 123 Å². The Balaban J connectivity index is 2.07. The van der Waals surface area contributed by atoms with Gasteiger partial charge in [0, 0.05) is 15.8 Å². The van der Waals surface area contributed by atoms with Gasteiger partial charge in [-0.3, -0.25) is 0 Å². The normalized spacial score (nSPS) is 19.0.